The van der Waals surface area contributed by atoms with E-state index < -0.39 is 0 Å². The van der Waals surface area contributed by atoms with E-state index in [1.807, 2.05) is 0 Å². The number of nitrogens with two attached hydrogens (primary N) is 1. The fourth-order valence-corrected chi connectivity index (χ4v) is 3.66. The monoisotopic (exact) mass is 282 g/mol. The van der Waals surface area contributed by atoms with Gasteiger partial charge in [-0.15, -0.1) is 0 Å². The van der Waals surface area contributed by atoms with Crippen molar-refractivity contribution >= 4 is 5.91 Å². The Hall–Kier alpha value is -0.570. The smallest absolute Gasteiger partial charge is 0.227 e. The first-order valence-electron chi connectivity index (χ1n) is 8.67. The van der Waals surface area contributed by atoms with Gasteiger partial charge in [0.2, 0.25) is 5.91 Å². The number of carbonyl (C=O) groups is 1. The van der Waals surface area contributed by atoms with Crippen LogP contribution >= 0.6 is 0 Å². The molecule has 0 spiro atoms. The third kappa shape index (κ3) is 5.08. The van der Waals surface area contributed by atoms with E-state index in [2.05, 4.69) is 19.2 Å². The highest BCUT2D eigenvalue weighted by atomic mass is 16.2. The molecule has 0 saturated heterocycles. The van der Waals surface area contributed by atoms with Crippen molar-refractivity contribution in [2.75, 3.05) is 13.1 Å². The summed E-state index contributed by atoms with van der Waals surface area (Å²) in [5.74, 6) is 1.02. The van der Waals surface area contributed by atoms with E-state index >= 15 is 0 Å². The number of carbonyl (C=O) groups excluding carboxylic acids is 1. The molecule has 0 aliphatic heterocycles. The topological polar surface area (TPSA) is 55.1 Å². The summed E-state index contributed by atoms with van der Waals surface area (Å²) >= 11 is 0. The van der Waals surface area contributed by atoms with Gasteiger partial charge >= 0.3 is 0 Å². The van der Waals surface area contributed by atoms with Crippen LogP contribution in [0.4, 0.5) is 0 Å². The molecule has 0 bridgehead atoms. The molecule has 0 unspecified atom stereocenters. The maximum absolute atomic E-state index is 12.5. The Morgan fingerprint density at radius 2 is 1.75 bits per heavy atom. The zero-order chi connectivity index (χ0) is 14.8. The molecule has 1 aliphatic rings. The van der Waals surface area contributed by atoms with Gasteiger partial charge in [0.15, 0.2) is 0 Å². The molecule has 0 aromatic rings. The van der Waals surface area contributed by atoms with E-state index in [0.717, 1.165) is 44.6 Å². The van der Waals surface area contributed by atoms with Gasteiger partial charge in [0, 0.05) is 13.1 Å². The van der Waals surface area contributed by atoms with E-state index in [-0.39, 0.29) is 11.3 Å². The summed E-state index contributed by atoms with van der Waals surface area (Å²) in [6.45, 7) is 5.58. The average molecular weight is 282 g/mol. The molecule has 0 aromatic carbocycles. The average Bonchev–Trinajstić information content (AvgIpc) is 2.48. The van der Waals surface area contributed by atoms with Gasteiger partial charge in [0.1, 0.15) is 0 Å². The van der Waals surface area contributed by atoms with Crippen LogP contribution in [0.3, 0.4) is 0 Å². The van der Waals surface area contributed by atoms with Crippen LogP contribution in [-0.2, 0) is 4.79 Å². The minimum atomic E-state index is -0.323. The second kappa shape index (κ2) is 9.38. The van der Waals surface area contributed by atoms with Gasteiger partial charge in [-0.3, -0.25) is 4.79 Å². The predicted molar refractivity (Wildman–Crippen MR) is 85.5 cm³/mol. The van der Waals surface area contributed by atoms with E-state index in [0.29, 0.717) is 6.54 Å². The van der Waals surface area contributed by atoms with Crippen LogP contribution < -0.4 is 11.1 Å². The summed E-state index contributed by atoms with van der Waals surface area (Å²) in [6, 6.07) is 0. The maximum Gasteiger partial charge on any atom is 0.227 e. The molecule has 0 heterocycles. The lowest BCUT2D eigenvalue weighted by Gasteiger charge is -2.31. The molecule has 0 aromatic heterocycles. The molecular weight excluding hydrogens is 248 g/mol. The first-order valence-corrected chi connectivity index (χ1v) is 8.67. The Bertz CT molecular complexity index is 266. The van der Waals surface area contributed by atoms with Gasteiger partial charge in [-0.1, -0.05) is 58.8 Å². The van der Waals surface area contributed by atoms with Crippen LogP contribution in [0.5, 0.6) is 0 Å². The molecule has 3 N–H and O–H groups in total. The molecule has 1 aliphatic carbocycles. The third-order valence-electron chi connectivity index (χ3n) is 4.89. The van der Waals surface area contributed by atoms with E-state index in [9.17, 15) is 4.79 Å². The highest BCUT2D eigenvalue weighted by Gasteiger charge is 2.34. The first-order chi connectivity index (χ1) is 9.68. The molecule has 0 radical (unpaired) electrons. The van der Waals surface area contributed by atoms with Crippen molar-refractivity contribution in [1.82, 2.24) is 5.32 Å². The Labute approximate surface area is 125 Å². The molecule has 1 amide bonds. The summed E-state index contributed by atoms with van der Waals surface area (Å²) in [4.78, 5) is 12.5. The molecule has 20 heavy (non-hydrogen) atoms. The van der Waals surface area contributed by atoms with Gasteiger partial charge in [-0.2, -0.15) is 0 Å². The normalized spacial score (nSPS) is 17.1. The fourth-order valence-electron chi connectivity index (χ4n) is 3.66. The second-order valence-electron chi connectivity index (χ2n) is 6.53. The highest BCUT2D eigenvalue weighted by Crippen LogP contribution is 2.29. The molecule has 1 rings (SSSR count). The fraction of sp³-hybridized carbons (Fsp3) is 0.941. The highest BCUT2D eigenvalue weighted by molar-refractivity contribution is 5.82. The summed E-state index contributed by atoms with van der Waals surface area (Å²) < 4.78 is 0. The van der Waals surface area contributed by atoms with Crippen LogP contribution in [0.1, 0.15) is 78.1 Å². The third-order valence-corrected chi connectivity index (χ3v) is 4.89. The van der Waals surface area contributed by atoms with Crippen LogP contribution in [0.25, 0.3) is 0 Å². The van der Waals surface area contributed by atoms with Crippen molar-refractivity contribution in [3.8, 4) is 0 Å². The Kier molecular flexibility index (Phi) is 8.20. The van der Waals surface area contributed by atoms with E-state index in [1.54, 1.807) is 0 Å². The quantitative estimate of drug-likeness (QED) is 0.678. The minimum absolute atomic E-state index is 0.194. The zero-order valence-electron chi connectivity index (χ0n) is 13.5. The van der Waals surface area contributed by atoms with Crippen molar-refractivity contribution in [1.29, 1.82) is 0 Å². The number of rotatable bonds is 9. The summed E-state index contributed by atoms with van der Waals surface area (Å²) in [6.07, 6.45) is 11.8. The van der Waals surface area contributed by atoms with E-state index in [1.165, 1.54) is 32.1 Å². The summed E-state index contributed by atoms with van der Waals surface area (Å²) in [5.41, 5.74) is 5.61. The first kappa shape index (κ1) is 17.5. The molecule has 0 atom stereocenters. The van der Waals surface area contributed by atoms with Gasteiger partial charge in [0.25, 0.3) is 0 Å². The van der Waals surface area contributed by atoms with Gasteiger partial charge < -0.3 is 11.1 Å². The number of hydrogen-bond donors (Lipinski definition) is 2. The number of amides is 1. The molecule has 1 saturated carbocycles. The maximum atomic E-state index is 12.5. The second-order valence-corrected chi connectivity index (χ2v) is 6.53. The van der Waals surface area contributed by atoms with E-state index in [4.69, 9.17) is 5.73 Å². The number of hydrogen-bond acceptors (Lipinski definition) is 2. The largest absolute Gasteiger partial charge is 0.356 e. The standard InChI is InChI=1S/C17H34N2O/c1-3-11-17(14-18,12-4-2)16(20)19-13-10-15-8-6-5-7-9-15/h15H,3-14,18H2,1-2H3,(H,19,20). The Balaban J connectivity index is 2.40. The van der Waals surface area contributed by atoms with Crippen molar-refractivity contribution < 1.29 is 4.79 Å². The van der Waals surface area contributed by atoms with Crippen LogP contribution in [0.2, 0.25) is 0 Å². The lowest BCUT2D eigenvalue weighted by atomic mass is 9.78. The summed E-state index contributed by atoms with van der Waals surface area (Å²) in [7, 11) is 0. The molecule has 1 fully saturated rings. The Morgan fingerprint density at radius 1 is 1.15 bits per heavy atom. The van der Waals surface area contributed by atoms with Crippen molar-refractivity contribution in [2.45, 2.75) is 78.1 Å². The SMILES string of the molecule is CCCC(CN)(CCC)C(=O)NCCC1CCCCC1. The zero-order valence-corrected chi connectivity index (χ0v) is 13.5. The van der Waals surface area contributed by atoms with Crippen molar-refractivity contribution in [2.24, 2.45) is 17.1 Å². The lowest BCUT2D eigenvalue weighted by Crippen LogP contribution is -2.46. The Morgan fingerprint density at radius 3 is 2.25 bits per heavy atom. The lowest BCUT2D eigenvalue weighted by molar-refractivity contribution is -0.131. The van der Waals surface area contributed by atoms with Crippen LogP contribution in [-0.4, -0.2) is 19.0 Å². The van der Waals surface area contributed by atoms with Gasteiger partial charge in [-0.05, 0) is 25.2 Å². The number of nitrogens with one attached hydrogen (secondary N) is 1. The summed E-state index contributed by atoms with van der Waals surface area (Å²) in [5, 5.41) is 3.17. The minimum Gasteiger partial charge on any atom is -0.356 e. The molecule has 3 heteroatoms. The predicted octanol–water partition coefficient (Wildman–Crippen LogP) is 3.62. The van der Waals surface area contributed by atoms with Gasteiger partial charge in [0.05, 0.1) is 5.41 Å². The van der Waals surface area contributed by atoms with Crippen LogP contribution in [0, 0.1) is 11.3 Å². The van der Waals surface area contributed by atoms with Crippen molar-refractivity contribution in [3.63, 3.8) is 0 Å². The molecule has 118 valence electrons. The van der Waals surface area contributed by atoms with Crippen molar-refractivity contribution in [3.05, 3.63) is 0 Å². The van der Waals surface area contributed by atoms with Gasteiger partial charge in [-0.25, -0.2) is 0 Å². The van der Waals surface area contributed by atoms with Crippen LogP contribution in [0.15, 0.2) is 0 Å². The molecular formula is C17H34N2O. The molecule has 3 nitrogen and oxygen atoms in total.